The van der Waals surface area contributed by atoms with Crippen LogP contribution in [0.25, 0.3) is 10.9 Å². The Morgan fingerprint density at radius 3 is 2.09 bits per heavy atom. The van der Waals surface area contributed by atoms with Crippen LogP contribution in [0.2, 0.25) is 0 Å². The topological polar surface area (TPSA) is 60.5 Å². The lowest BCUT2D eigenvalue weighted by atomic mass is 10.2. The number of benzene rings is 2. The lowest BCUT2D eigenvalue weighted by Gasteiger charge is -2.21. The second-order valence-electron chi connectivity index (χ2n) is 10.5. The Morgan fingerprint density at radius 2 is 1.45 bits per heavy atom. The molecule has 0 radical (unpaired) electrons. The van der Waals surface area contributed by atoms with Gasteiger partial charge >= 0.3 is 12.1 Å². The van der Waals surface area contributed by atoms with Crippen LogP contribution in [0.3, 0.4) is 0 Å². The summed E-state index contributed by atoms with van der Waals surface area (Å²) in [5.41, 5.74) is 1.35. The molecule has 0 saturated carbocycles. The molecule has 2 aromatic carbocycles. The van der Waals surface area contributed by atoms with Crippen molar-refractivity contribution in [2.24, 2.45) is 0 Å². The highest BCUT2D eigenvalue weighted by Crippen LogP contribution is 2.47. The summed E-state index contributed by atoms with van der Waals surface area (Å²) >= 11 is 0. The minimum Gasteiger partial charge on any atom is -0.459 e. The van der Waals surface area contributed by atoms with E-state index in [1.807, 2.05) is 102 Å². The van der Waals surface area contributed by atoms with Crippen LogP contribution in [0.1, 0.15) is 58.8 Å². The van der Waals surface area contributed by atoms with Gasteiger partial charge in [-0.1, -0.05) is 48.5 Å². The van der Waals surface area contributed by atoms with Crippen LogP contribution in [0, 0.1) is 0 Å². The highest BCUT2D eigenvalue weighted by Gasteiger charge is 2.56. The molecular weight excluding hydrogens is 416 g/mol. The second-order valence-corrected chi connectivity index (χ2v) is 10.5. The van der Waals surface area contributed by atoms with Gasteiger partial charge in [-0.05, 0) is 59.2 Å². The van der Waals surface area contributed by atoms with Gasteiger partial charge in [0.1, 0.15) is 17.2 Å². The number of fused-ring (bicyclic) bond motifs is 1. The highest BCUT2D eigenvalue weighted by atomic mass is 16.6. The molecule has 1 saturated heterocycles. The van der Waals surface area contributed by atoms with E-state index in [1.54, 1.807) is 4.57 Å². The van der Waals surface area contributed by atoms with E-state index in [9.17, 15) is 9.59 Å². The molecule has 1 unspecified atom stereocenters. The Morgan fingerprint density at radius 1 is 0.848 bits per heavy atom. The van der Waals surface area contributed by atoms with Crippen molar-refractivity contribution in [1.82, 2.24) is 9.47 Å². The molecule has 1 aromatic heterocycles. The van der Waals surface area contributed by atoms with E-state index in [1.165, 1.54) is 0 Å². The molecule has 0 amide bonds. The van der Waals surface area contributed by atoms with Crippen LogP contribution in [0.5, 0.6) is 0 Å². The Hall–Kier alpha value is -3.12. The first kappa shape index (κ1) is 23.1. The first-order valence-corrected chi connectivity index (χ1v) is 11.3. The van der Waals surface area contributed by atoms with Crippen LogP contribution in [0.15, 0.2) is 60.7 Å². The van der Waals surface area contributed by atoms with Crippen LogP contribution >= 0.6 is 0 Å². The molecular formula is C27H32N2O4. The van der Waals surface area contributed by atoms with Gasteiger partial charge in [-0.15, -0.1) is 0 Å². The lowest BCUT2D eigenvalue weighted by Crippen LogP contribution is -2.29. The Kier molecular flexibility index (Phi) is 5.83. The van der Waals surface area contributed by atoms with Crippen molar-refractivity contribution in [2.45, 2.75) is 71.4 Å². The molecule has 3 atom stereocenters. The van der Waals surface area contributed by atoms with Gasteiger partial charge in [-0.3, -0.25) is 9.69 Å². The monoisotopic (exact) mass is 448 g/mol. The van der Waals surface area contributed by atoms with Gasteiger partial charge in [0.05, 0.1) is 11.6 Å². The second kappa shape index (κ2) is 8.34. The van der Waals surface area contributed by atoms with Crippen molar-refractivity contribution < 1.29 is 19.1 Å². The maximum Gasteiger partial charge on any atom is 0.419 e. The molecule has 1 aliphatic heterocycles. The molecule has 174 valence electrons. The van der Waals surface area contributed by atoms with Crippen LogP contribution in [-0.2, 0) is 20.8 Å². The molecule has 2 heterocycles. The summed E-state index contributed by atoms with van der Waals surface area (Å²) in [5, 5.41) is 0.924. The van der Waals surface area contributed by atoms with Gasteiger partial charge in [-0.2, -0.15) is 0 Å². The van der Waals surface area contributed by atoms with Gasteiger partial charge < -0.3 is 9.47 Å². The van der Waals surface area contributed by atoms with E-state index < -0.39 is 23.3 Å². The number of esters is 1. The first-order valence-electron chi connectivity index (χ1n) is 11.3. The Bertz CT molecular complexity index is 1170. The molecule has 6 nitrogen and oxygen atoms in total. The number of carbonyl (C=O) groups is 2. The number of aromatic nitrogens is 1. The van der Waals surface area contributed by atoms with Gasteiger partial charge in [0.25, 0.3) is 0 Å². The zero-order valence-electron chi connectivity index (χ0n) is 20.2. The molecule has 3 aromatic rings. The molecule has 4 rings (SSSR count). The number of ether oxygens (including phenoxy) is 2. The van der Waals surface area contributed by atoms with E-state index >= 15 is 0 Å². The molecule has 33 heavy (non-hydrogen) atoms. The summed E-state index contributed by atoms with van der Waals surface area (Å²) in [5.74, 6) is -0.288. The van der Waals surface area contributed by atoms with Crippen LogP contribution in [0.4, 0.5) is 4.79 Å². The van der Waals surface area contributed by atoms with Gasteiger partial charge in [0.15, 0.2) is 0 Å². The normalized spacial score (nSPS) is 20.5. The SMILES string of the molecule is CC(C)(C)OC(=O)[C@@H]1[C@H](c2cc3ccccc3n2C(=O)OC(C)(C)C)N1Cc1ccccc1. The maximum atomic E-state index is 13.3. The lowest BCUT2D eigenvalue weighted by molar-refractivity contribution is -0.155. The zero-order chi connectivity index (χ0) is 24.0. The van der Waals surface area contributed by atoms with Crippen molar-refractivity contribution in [2.75, 3.05) is 0 Å². The minimum absolute atomic E-state index is 0.288. The molecule has 1 aliphatic rings. The summed E-state index contributed by atoms with van der Waals surface area (Å²) in [6.07, 6.45) is -0.451. The molecule has 0 aliphatic carbocycles. The Balaban J connectivity index is 1.75. The molecule has 0 bridgehead atoms. The van der Waals surface area contributed by atoms with E-state index in [-0.39, 0.29) is 12.0 Å². The number of hydrogen-bond donors (Lipinski definition) is 0. The van der Waals surface area contributed by atoms with Crippen molar-refractivity contribution in [1.29, 1.82) is 0 Å². The van der Waals surface area contributed by atoms with Gasteiger partial charge in [0, 0.05) is 17.6 Å². The van der Waals surface area contributed by atoms with Crippen molar-refractivity contribution in [3.8, 4) is 0 Å². The average molecular weight is 449 g/mol. The first-order chi connectivity index (χ1) is 15.4. The summed E-state index contributed by atoms with van der Waals surface area (Å²) in [6.45, 7) is 11.7. The summed E-state index contributed by atoms with van der Waals surface area (Å²) in [4.78, 5) is 28.5. The number of nitrogens with zero attached hydrogens (tertiary/aromatic N) is 2. The van der Waals surface area contributed by atoms with Crippen LogP contribution < -0.4 is 0 Å². The third kappa shape index (κ3) is 5.11. The van der Waals surface area contributed by atoms with Gasteiger partial charge in [0.2, 0.25) is 0 Å². The number of carbonyl (C=O) groups excluding carboxylic acids is 2. The van der Waals surface area contributed by atoms with Gasteiger partial charge in [-0.25, -0.2) is 9.36 Å². The predicted octanol–water partition coefficient (Wildman–Crippen LogP) is 5.69. The quantitative estimate of drug-likeness (QED) is 0.379. The van der Waals surface area contributed by atoms with Crippen molar-refractivity contribution in [3.05, 3.63) is 71.9 Å². The fraction of sp³-hybridized carbons (Fsp3) is 0.407. The van der Waals surface area contributed by atoms with E-state index in [0.29, 0.717) is 6.54 Å². The minimum atomic E-state index is -0.641. The maximum absolute atomic E-state index is 13.3. The van der Waals surface area contributed by atoms with E-state index in [0.717, 1.165) is 22.2 Å². The molecule has 6 heteroatoms. The fourth-order valence-corrected chi connectivity index (χ4v) is 4.13. The number of rotatable bonds is 4. The number of para-hydroxylation sites is 1. The smallest absolute Gasteiger partial charge is 0.419 e. The Labute approximate surface area is 195 Å². The summed E-state index contributed by atoms with van der Waals surface area (Å²) < 4.78 is 13.1. The fourth-order valence-electron chi connectivity index (χ4n) is 4.13. The molecule has 0 spiro atoms. The summed E-state index contributed by atoms with van der Waals surface area (Å²) in [6, 6.07) is 18.9. The summed E-state index contributed by atoms with van der Waals surface area (Å²) in [7, 11) is 0. The van der Waals surface area contributed by atoms with E-state index in [4.69, 9.17) is 9.47 Å². The van der Waals surface area contributed by atoms with Crippen molar-refractivity contribution >= 4 is 23.0 Å². The zero-order valence-corrected chi connectivity index (χ0v) is 20.2. The van der Waals surface area contributed by atoms with E-state index in [2.05, 4.69) is 4.90 Å². The third-order valence-electron chi connectivity index (χ3n) is 5.40. The third-order valence-corrected chi connectivity index (χ3v) is 5.40. The number of hydrogen-bond acceptors (Lipinski definition) is 5. The standard InChI is InChI=1S/C27H32N2O4/c1-26(2,3)32-24(30)23-22(28(23)17-18-12-8-7-9-13-18)21-16-19-14-10-11-15-20(19)29(21)25(31)33-27(4,5)6/h7-16,22-23H,17H2,1-6H3/t22-,23-,28?/m0/s1. The van der Waals surface area contributed by atoms with Crippen molar-refractivity contribution in [3.63, 3.8) is 0 Å². The highest BCUT2D eigenvalue weighted by molar-refractivity contribution is 5.92. The molecule has 1 fully saturated rings. The molecule has 0 N–H and O–H groups in total. The van der Waals surface area contributed by atoms with Crippen LogP contribution in [-0.4, -0.2) is 38.8 Å². The average Bonchev–Trinajstić information content (AvgIpc) is 3.26. The predicted molar refractivity (Wildman–Crippen MR) is 128 cm³/mol. The largest absolute Gasteiger partial charge is 0.459 e.